The number of para-hydroxylation sites is 2. The summed E-state index contributed by atoms with van der Waals surface area (Å²) in [5.41, 5.74) is 18.5. The van der Waals surface area contributed by atoms with Crippen LogP contribution >= 0.6 is 0 Å². The number of rotatable bonds is 4. The highest BCUT2D eigenvalue weighted by Crippen LogP contribution is 2.58. The fourth-order valence-corrected chi connectivity index (χ4v) is 10.0. The number of nitrogens with zero attached hydrogens (tertiary/aromatic N) is 2. The van der Waals surface area contributed by atoms with Gasteiger partial charge in [0.25, 0.3) is 0 Å². The van der Waals surface area contributed by atoms with Gasteiger partial charge < -0.3 is 9.47 Å². The van der Waals surface area contributed by atoms with Crippen molar-refractivity contribution in [2.45, 2.75) is 18.4 Å². The first-order valence-corrected chi connectivity index (χ1v) is 19.4. The molecule has 258 valence electrons. The van der Waals surface area contributed by atoms with Crippen molar-refractivity contribution in [1.82, 2.24) is 4.57 Å². The smallest absolute Gasteiger partial charge is 0.0705 e. The molecule has 2 heterocycles. The molecule has 2 nitrogen and oxygen atoms in total. The number of fused-ring (bicyclic) bond motifs is 10. The summed E-state index contributed by atoms with van der Waals surface area (Å²) < 4.78 is 2.43. The predicted octanol–water partition coefficient (Wildman–Crippen LogP) is 13.3. The van der Waals surface area contributed by atoms with Gasteiger partial charge in [0.05, 0.1) is 17.1 Å². The molecule has 0 radical (unpaired) electrons. The van der Waals surface area contributed by atoms with E-state index in [4.69, 9.17) is 0 Å². The summed E-state index contributed by atoms with van der Waals surface area (Å²) >= 11 is 0. The summed E-state index contributed by atoms with van der Waals surface area (Å²) in [6.07, 6.45) is 3.55. The molecule has 0 saturated heterocycles. The number of hydrogen-bond donors (Lipinski definition) is 0. The highest BCUT2D eigenvalue weighted by atomic mass is 15.2. The minimum Gasteiger partial charge on any atom is -0.332 e. The minimum atomic E-state index is 0.162. The Hall–Kier alpha value is -6.90. The van der Waals surface area contributed by atoms with Crippen LogP contribution < -0.4 is 4.90 Å². The molecule has 55 heavy (non-hydrogen) atoms. The molecule has 8 aromatic carbocycles. The first-order valence-electron chi connectivity index (χ1n) is 19.4. The average Bonchev–Trinajstić information content (AvgIpc) is 3.91. The molecular weight excluding hydrogens is 665 g/mol. The molecule has 3 aliphatic rings. The fourth-order valence-electron chi connectivity index (χ4n) is 10.0. The van der Waals surface area contributed by atoms with Gasteiger partial charge >= 0.3 is 0 Å². The molecule has 2 heteroatoms. The number of benzene rings is 8. The maximum absolute atomic E-state index is 2.66. The van der Waals surface area contributed by atoms with Crippen LogP contribution in [0.4, 0.5) is 11.4 Å². The monoisotopic (exact) mass is 700 g/mol. The van der Waals surface area contributed by atoms with Gasteiger partial charge in [0, 0.05) is 39.1 Å². The SMILES string of the molecule is C1=C(c2ccc3c(c2)c2ccccc2n3-c2ccc(-c3ccccc3)cc2)C2=C(c3ccccc3C2)C2C1c1ccccc1N2c1cccc2ccccc12. The van der Waals surface area contributed by atoms with Crippen LogP contribution in [-0.2, 0) is 6.42 Å². The van der Waals surface area contributed by atoms with Crippen molar-refractivity contribution < 1.29 is 0 Å². The zero-order valence-electron chi connectivity index (χ0n) is 30.2. The third-order valence-corrected chi connectivity index (χ3v) is 12.4. The van der Waals surface area contributed by atoms with Crippen LogP contribution in [0.5, 0.6) is 0 Å². The van der Waals surface area contributed by atoms with Crippen LogP contribution in [0.3, 0.4) is 0 Å². The molecule has 0 fully saturated rings. The molecule has 2 aliphatic carbocycles. The lowest BCUT2D eigenvalue weighted by Crippen LogP contribution is -2.33. The predicted molar refractivity (Wildman–Crippen MR) is 230 cm³/mol. The van der Waals surface area contributed by atoms with Crippen LogP contribution in [-0.4, -0.2) is 10.6 Å². The summed E-state index contributed by atoms with van der Waals surface area (Å²) in [5, 5.41) is 5.12. The van der Waals surface area contributed by atoms with E-state index < -0.39 is 0 Å². The van der Waals surface area contributed by atoms with Gasteiger partial charge in [-0.3, -0.25) is 0 Å². The van der Waals surface area contributed by atoms with Gasteiger partial charge in [0.1, 0.15) is 0 Å². The molecule has 0 saturated carbocycles. The lowest BCUT2D eigenvalue weighted by Gasteiger charge is -2.36. The molecular formula is C53H36N2. The third kappa shape index (κ3) is 4.49. The van der Waals surface area contributed by atoms with Crippen molar-refractivity contribution in [3.05, 3.63) is 222 Å². The number of allylic oxidation sites excluding steroid dienone is 2. The largest absolute Gasteiger partial charge is 0.332 e. The Morgan fingerprint density at radius 1 is 0.473 bits per heavy atom. The lowest BCUT2D eigenvalue weighted by molar-refractivity contribution is 0.762. The molecule has 2 atom stereocenters. The fraction of sp³-hybridized carbons (Fsp3) is 0.0566. The van der Waals surface area contributed by atoms with E-state index in [1.54, 1.807) is 0 Å². The molecule has 12 rings (SSSR count). The van der Waals surface area contributed by atoms with Crippen LogP contribution in [0.15, 0.2) is 200 Å². The molecule has 9 aromatic rings. The molecule has 2 unspecified atom stereocenters. The molecule has 0 bridgehead atoms. The van der Waals surface area contributed by atoms with E-state index in [0.29, 0.717) is 0 Å². The molecule has 1 aromatic heterocycles. The molecule has 0 N–H and O–H groups in total. The van der Waals surface area contributed by atoms with E-state index in [9.17, 15) is 0 Å². The lowest BCUT2D eigenvalue weighted by atomic mass is 9.77. The number of anilines is 2. The van der Waals surface area contributed by atoms with Crippen molar-refractivity contribution in [2.75, 3.05) is 4.90 Å². The highest BCUT2D eigenvalue weighted by molar-refractivity contribution is 6.11. The zero-order valence-corrected chi connectivity index (χ0v) is 30.2. The maximum Gasteiger partial charge on any atom is 0.0705 e. The second-order valence-electron chi connectivity index (χ2n) is 15.2. The van der Waals surface area contributed by atoms with Gasteiger partial charge in [-0.25, -0.2) is 0 Å². The number of aromatic nitrogens is 1. The first-order chi connectivity index (χ1) is 27.3. The standard InChI is InChI=1S/C53H36N2/c1-2-13-34(14-3-1)35-25-28-39(29-26-35)54-49-22-10-8-20-42(49)45-31-38(27-30-51(45)54)44-33-47-43-21-9-11-23-50(43)55(48-24-12-17-36-15-4-6-18-40(36)48)53(47)52-41-19-7-5-16-37(41)32-46(44)52/h1-31,33,47,53H,32H2. The Labute approximate surface area is 320 Å². The average molecular weight is 701 g/mol. The van der Waals surface area contributed by atoms with E-state index in [1.807, 2.05) is 0 Å². The number of hydrogen-bond acceptors (Lipinski definition) is 1. The highest BCUT2D eigenvalue weighted by Gasteiger charge is 2.46. The normalized spacial score (nSPS) is 17.0. The topological polar surface area (TPSA) is 8.17 Å². The van der Waals surface area contributed by atoms with Gasteiger partial charge in [-0.1, -0.05) is 152 Å². The van der Waals surface area contributed by atoms with E-state index in [1.165, 1.54) is 99.7 Å². The van der Waals surface area contributed by atoms with E-state index >= 15 is 0 Å². The zero-order chi connectivity index (χ0) is 36.0. The van der Waals surface area contributed by atoms with Crippen LogP contribution in [0.25, 0.3) is 60.5 Å². The Kier molecular flexibility index (Phi) is 6.55. The Morgan fingerprint density at radius 2 is 1.15 bits per heavy atom. The van der Waals surface area contributed by atoms with E-state index in [-0.39, 0.29) is 12.0 Å². The van der Waals surface area contributed by atoms with Crippen molar-refractivity contribution in [3.8, 4) is 16.8 Å². The summed E-state index contributed by atoms with van der Waals surface area (Å²) in [6, 6.07) is 69.7. The summed E-state index contributed by atoms with van der Waals surface area (Å²) in [7, 11) is 0. The van der Waals surface area contributed by atoms with E-state index in [2.05, 4.69) is 204 Å². The Bertz CT molecular complexity index is 3060. The maximum atomic E-state index is 2.66. The third-order valence-electron chi connectivity index (χ3n) is 12.4. The Morgan fingerprint density at radius 3 is 2.05 bits per heavy atom. The second-order valence-corrected chi connectivity index (χ2v) is 15.2. The summed E-state index contributed by atoms with van der Waals surface area (Å²) in [6.45, 7) is 0. The van der Waals surface area contributed by atoms with Crippen LogP contribution in [0.2, 0.25) is 0 Å². The molecule has 0 spiro atoms. The van der Waals surface area contributed by atoms with Gasteiger partial charge in [0.15, 0.2) is 0 Å². The summed E-state index contributed by atoms with van der Waals surface area (Å²) in [4.78, 5) is 2.66. The molecule has 0 amide bonds. The van der Waals surface area contributed by atoms with Crippen LogP contribution in [0, 0.1) is 0 Å². The summed E-state index contributed by atoms with van der Waals surface area (Å²) in [5.74, 6) is 0.204. The van der Waals surface area contributed by atoms with Crippen LogP contribution in [0.1, 0.15) is 28.2 Å². The van der Waals surface area contributed by atoms with E-state index in [0.717, 1.165) is 6.42 Å². The van der Waals surface area contributed by atoms with Crippen molar-refractivity contribution >= 4 is 55.1 Å². The van der Waals surface area contributed by atoms with Gasteiger partial charge in [0.2, 0.25) is 0 Å². The van der Waals surface area contributed by atoms with Gasteiger partial charge in [-0.2, -0.15) is 0 Å². The quantitative estimate of drug-likeness (QED) is 0.177. The van der Waals surface area contributed by atoms with Crippen molar-refractivity contribution in [2.24, 2.45) is 0 Å². The van der Waals surface area contributed by atoms with Gasteiger partial charge in [-0.15, -0.1) is 0 Å². The molecule has 1 aliphatic heterocycles. The van der Waals surface area contributed by atoms with Gasteiger partial charge in [-0.05, 0) is 104 Å². The first kappa shape index (κ1) is 30.6. The Balaban J connectivity index is 1.05. The second kappa shape index (κ2) is 11.8. The minimum absolute atomic E-state index is 0.162. The van der Waals surface area contributed by atoms with Crippen molar-refractivity contribution in [3.63, 3.8) is 0 Å². The van der Waals surface area contributed by atoms with Crippen molar-refractivity contribution in [1.29, 1.82) is 0 Å².